The minimum atomic E-state index is -0.323. The van der Waals surface area contributed by atoms with Gasteiger partial charge in [0, 0.05) is 6.20 Å². The summed E-state index contributed by atoms with van der Waals surface area (Å²) in [5.41, 5.74) is 4.37. The fourth-order valence-electron chi connectivity index (χ4n) is 2.73. The number of rotatable bonds is 6. The maximum absolute atomic E-state index is 12.6. The van der Waals surface area contributed by atoms with Crippen molar-refractivity contribution in [3.8, 4) is 0 Å². The molecule has 0 saturated carbocycles. The van der Waals surface area contributed by atoms with Crippen molar-refractivity contribution in [3.63, 3.8) is 0 Å². The summed E-state index contributed by atoms with van der Waals surface area (Å²) in [5, 5.41) is 15.2. The van der Waals surface area contributed by atoms with Crippen molar-refractivity contribution in [3.05, 3.63) is 71.1 Å². The van der Waals surface area contributed by atoms with Crippen molar-refractivity contribution < 1.29 is 4.79 Å². The number of nitrogens with one attached hydrogen (secondary N) is 1. The number of aryl methyl sites for hydroxylation is 1. The van der Waals surface area contributed by atoms with Crippen molar-refractivity contribution in [2.75, 3.05) is 5.32 Å². The van der Waals surface area contributed by atoms with Gasteiger partial charge in [0.15, 0.2) is 5.69 Å². The molecule has 0 fully saturated rings. The Hall–Kier alpha value is -3.40. The average Bonchev–Trinajstić information content (AvgIpc) is 3.39. The summed E-state index contributed by atoms with van der Waals surface area (Å²) in [6.45, 7) is 4.77. The molecule has 0 unspecified atom stereocenters. The second-order valence-electron chi connectivity index (χ2n) is 6.34. The molecule has 0 aliphatic heterocycles. The third kappa shape index (κ3) is 3.81. The monoisotopic (exact) mass is 394 g/mol. The van der Waals surface area contributed by atoms with E-state index in [9.17, 15) is 4.79 Å². The maximum atomic E-state index is 12.6. The van der Waals surface area contributed by atoms with E-state index in [1.165, 1.54) is 0 Å². The summed E-state index contributed by atoms with van der Waals surface area (Å²) in [6.07, 6.45) is 3.40. The first-order valence-corrected chi connectivity index (χ1v) is 9.39. The third-order valence-electron chi connectivity index (χ3n) is 4.32. The Kier molecular flexibility index (Phi) is 4.94. The first kappa shape index (κ1) is 18.0. The van der Waals surface area contributed by atoms with E-state index in [0.29, 0.717) is 24.5 Å². The van der Waals surface area contributed by atoms with Gasteiger partial charge >= 0.3 is 0 Å². The van der Waals surface area contributed by atoms with E-state index >= 15 is 0 Å². The molecule has 1 N–H and O–H groups in total. The molecule has 28 heavy (non-hydrogen) atoms. The summed E-state index contributed by atoms with van der Waals surface area (Å²) < 4.78 is 11.8. The molecule has 3 aromatic heterocycles. The van der Waals surface area contributed by atoms with Gasteiger partial charge in [-0.2, -0.15) is 13.8 Å². The van der Waals surface area contributed by atoms with Crippen LogP contribution >= 0.6 is 11.7 Å². The van der Waals surface area contributed by atoms with Gasteiger partial charge in [-0.25, -0.2) is 4.68 Å². The van der Waals surface area contributed by atoms with Crippen molar-refractivity contribution >= 4 is 23.3 Å². The number of benzene rings is 1. The first-order valence-electron chi connectivity index (χ1n) is 8.66. The Balaban J connectivity index is 1.44. The van der Waals surface area contributed by atoms with Crippen LogP contribution in [0.3, 0.4) is 0 Å². The lowest BCUT2D eigenvalue weighted by molar-refractivity contribution is 0.102. The largest absolute Gasteiger partial charge is 0.318 e. The van der Waals surface area contributed by atoms with Crippen LogP contribution in [0, 0.1) is 13.8 Å². The maximum Gasteiger partial charge on any atom is 0.278 e. The second-order valence-corrected chi connectivity index (χ2v) is 6.87. The topological polar surface area (TPSA) is 103 Å². The predicted octanol–water partition coefficient (Wildman–Crippen LogP) is 2.29. The van der Waals surface area contributed by atoms with E-state index < -0.39 is 0 Å². The standard InChI is InChI=1S/C18H18N8OS/c1-12-16(23-28-22-12)11-26-13(2)17(21-24-26)18(27)20-15-8-19-25(10-15)9-14-6-4-3-5-7-14/h3-8,10H,9,11H2,1-2H3,(H,20,27). The molecule has 0 bridgehead atoms. The summed E-state index contributed by atoms with van der Waals surface area (Å²) in [7, 11) is 0. The van der Waals surface area contributed by atoms with Gasteiger partial charge in [-0.05, 0) is 19.4 Å². The van der Waals surface area contributed by atoms with Gasteiger partial charge in [-0.15, -0.1) is 5.10 Å². The Labute approximate surface area is 165 Å². The van der Waals surface area contributed by atoms with Crippen molar-refractivity contribution in [1.82, 2.24) is 33.5 Å². The summed E-state index contributed by atoms with van der Waals surface area (Å²) >= 11 is 1.16. The normalized spacial score (nSPS) is 10.9. The van der Waals surface area contributed by atoms with Crippen molar-refractivity contribution in [2.24, 2.45) is 0 Å². The Morgan fingerprint density at radius 1 is 1.14 bits per heavy atom. The van der Waals surface area contributed by atoms with E-state index in [1.54, 1.807) is 21.8 Å². The molecule has 3 heterocycles. The van der Waals surface area contributed by atoms with Crippen LogP contribution in [-0.4, -0.2) is 39.4 Å². The molecule has 0 saturated heterocycles. The van der Waals surface area contributed by atoms with Gasteiger partial charge < -0.3 is 5.32 Å². The minimum Gasteiger partial charge on any atom is -0.318 e. The van der Waals surface area contributed by atoms with Gasteiger partial charge in [0.1, 0.15) is 0 Å². The van der Waals surface area contributed by atoms with E-state index in [-0.39, 0.29) is 11.6 Å². The zero-order valence-electron chi connectivity index (χ0n) is 15.4. The van der Waals surface area contributed by atoms with E-state index in [0.717, 1.165) is 28.7 Å². The molecule has 10 heteroatoms. The van der Waals surface area contributed by atoms with Crippen LogP contribution in [0.25, 0.3) is 0 Å². The smallest absolute Gasteiger partial charge is 0.278 e. The SMILES string of the molecule is Cc1nsnc1Cn1nnc(C(=O)Nc2cnn(Cc3ccccc3)c2)c1C. The highest BCUT2D eigenvalue weighted by atomic mass is 32.1. The number of hydrogen-bond donors (Lipinski definition) is 1. The molecule has 0 atom stereocenters. The average molecular weight is 394 g/mol. The fourth-order valence-corrected chi connectivity index (χ4v) is 3.29. The molecular formula is C18H18N8OS. The van der Waals surface area contributed by atoms with Crippen LogP contribution in [0.1, 0.15) is 33.1 Å². The molecule has 1 amide bonds. The van der Waals surface area contributed by atoms with Crippen LogP contribution in [0.15, 0.2) is 42.7 Å². The molecule has 0 aliphatic carbocycles. The Bertz CT molecular complexity index is 1100. The van der Waals surface area contributed by atoms with Crippen LogP contribution in [0.2, 0.25) is 0 Å². The molecule has 9 nitrogen and oxygen atoms in total. The van der Waals surface area contributed by atoms with Gasteiger partial charge in [0.05, 0.1) is 53.8 Å². The molecule has 0 radical (unpaired) electrons. The first-order chi connectivity index (χ1) is 13.6. The number of nitrogens with zero attached hydrogens (tertiary/aromatic N) is 7. The highest BCUT2D eigenvalue weighted by molar-refractivity contribution is 6.99. The lowest BCUT2D eigenvalue weighted by Crippen LogP contribution is -2.14. The quantitative estimate of drug-likeness (QED) is 0.538. The highest BCUT2D eigenvalue weighted by Gasteiger charge is 2.18. The number of amides is 1. The molecule has 142 valence electrons. The van der Waals surface area contributed by atoms with Gasteiger partial charge in [-0.3, -0.25) is 9.48 Å². The molecule has 4 rings (SSSR count). The highest BCUT2D eigenvalue weighted by Crippen LogP contribution is 2.13. The number of aromatic nitrogens is 7. The molecule has 1 aromatic carbocycles. The summed E-state index contributed by atoms with van der Waals surface area (Å²) in [4.78, 5) is 12.6. The van der Waals surface area contributed by atoms with E-state index in [4.69, 9.17) is 0 Å². The second kappa shape index (κ2) is 7.69. The summed E-state index contributed by atoms with van der Waals surface area (Å²) in [5.74, 6) is -0.323. The molecular weight excluding hydrogens is 376 g/mol. The van der Waals surface area contributed by atoms with Crippen molar-refractivity contribution in [2.45, 2.75) is 26.9 Å². The van der Waals surface area contributed by atoms with Gasteiger partial charge in [0.25, 0.3) is 5.91 Å². The number of carbonyl (C=O) groups excluding carboxylic acids is 1. The van der Waals surface area contributed by atoms with Gasteiger partial charge in [-0.1, -0.05) is 35.5 Å². The van der Waals surface area contributed by atoms with Crippen molar-refractivity contribution in [1.29, 1.82) is 0 Å². The van der Waals surface area contributed by atoms with Crippen LogP contribution in [0.5, 0.6) is 0 Å². The molecule has 4 aromatic rings. The van der Waals surface area contributed by atoms with Gasteiger partial charge in [0.2, 0.25) is 0 Å². The molecule has 0 spiro atoms. The lowest BCUT2D eigenvalue weighted by Gasteiger charge is -2.03. The zero-order chi connectivity index (χ0) is 19.5. The minimum absolute atomic E-state index is 0.275. The zero-order valence-corrected chi connectivity index (χ0v) is 16.2. The summed E-state index contributed by atoms with van der Waals surface area (Å²) in [6, 6.07) is 10.00. The number of carbonyl (C=O) groups is 1. The van der Waals surface area contributed by atoms with Crippen LogP contribution < -0.4 is 5.32 Å². The predicted molar refractivity (Wildman–Crippen MR) is 104 cm³/mol. The molecule has 0 aliphatic rings. The third-order valence-corrected chi connectivity index (χ3v) is 4.98. The Morgan fingerprint density at radius 2 is 1.96 bits per heavy atom. The van der Waals surface area contributed by atoms with Crippen LogP contribution in [0.4, 0.5) is 5.69 Å². The number of anilines is 1. The van der Waals surface area contributed by atoms with Crippen LogP contribution in [-0.2, 0) is 13.1 Å². The van der Waals surface area contributed by atoms with E-state index in [2.05, 4.69) is 29.5 Å². The fraction of sp³-hybridized carbons (Fsp3) is 0.222. The van der Waals surface area contributed by atoms with E-state index in [1.807, 2.05) is 44.2 Å². The Morgan fingerprint density at radius 3 is 2.71 bits per heavy atom. The lowest BCUT2D eigenvalue weighted by atomic mass is 10.2. The number of hydrogen-bond acceptors (Lipinski definition) is 7.